The summed E-state index contributed by atoms with van der Waals surface area (Å²) in [7, 11) is 0. The number of rotatable bonds is 0. The minimum absolute atomic E-state index is 0.271. The molecule has 0 aromatic heterocycles. The van der Waals surface area contributed by atoms with Crippen LogP contribution in [0.1, 0.15) is 72.1 Å². The van der Waals surface area contributed by atoms with Crippen LogP contribution in [-0.2, 0) is 9.47 Å². The monoisotopic (exact) mass is 360 g/mol. The van der Waals surface area contributed by atoms with Crippen LogP contribution < -0.4 is 5.84 Å². The molecule has 26 heavy (non-hydrogen) atoms. The maximum absolute atomic E-state index is 6.19. The zero-order chi connectivity index (χ0) is 18.2. The van der Waals surface area contributed by atoms with Crippen molar-refractivity contribution in [3.05, 3.63) is 0 Å². The van der Waals surface area contributed by atoms with Crippen molar-refractivity contribution in [2.75, 3.05) is 13.2 Å². The number of hydrogen-bond acceptors (Lipinski definition) is 4. The molecule has 0 radical (unpaired) electrons. The average Bonchev–Trinajstić information content (AvgIpc) is 3.23. The van der Waals surface area contributed by atoms with Gasteiger partial charge in [-0.2, -0.15) is 5.10 Å². The maximum atomic E-state index is 6.19. The van der Waals surface area contributed by atoms with Crippen molar-refractivity contribution < 1.29 is 9.47 Å². The first-order valence-corrected chi connectivity index (χ1v) is 11.0. The van der Waals surface area contributed by atoms with Gasteiger partial charge in [-0.15, -0.1) is 0 Å². The number of nitrogens with zero attached hydrogens (tertiary/aromatic N) is 1. The van der Waals surface area contributed by atoms with Gasteiger partial charge in [-0.25, -0.2) is 0 Å². The van der Waals surface area contributed by atoms with Gasteiger partial charge in [0.1, 0.15) is 0 Å². The standard InChI is InChI=1S/C22H36N2O2/c1-14-16-5-4-15-17-6-7-19(24-23)21(17,3)9-8-18(15)20(16,2)10-11-22(14)25-12-13-26-22/h14-18H,4-13,23H2,1-3H3/t14?,15-,16?,17-,18-,20-,21-/m0/s1. The third kappa shape index (κ3) is 2.06. The normalized spacial score (nSPS) is 54.1. The van der Waals surface area contributed by atoms with Gasteiger partial charge in [-0.3, -0.25) is 0 Å². The topological polar surface area (TPSA) is 56.8 Å². The van der Waals surface area contributed by atoms with E-state index in [0.29, 0.717) is 11.3 Å². The van der Waals surface area contributed by atoms with Crippen molar-refractivity contribution in [3.8, 4) is 0 Å². The molecule has 1 aliphatic heterocycles. The lowest BCUT2D eigenvalue weighted by Crippen LogP contribution is -2.59. The summed E-state index contributed by atoms with van der Waals surface area (Å²) in [6.45, 7) is 9.04. The Morgan fingerprint density at radius 1 is 0.923 bits per heavy atom. The molecule has 0 bridgehead atoms. The Kier molecular flexibility index (Phi) is 3.83. The summed E-state index contributed by atoms with van der Waals surface area (Å²) >= 11 is 0. The molecule has 0 aromatic carbocycles. The molecule has 5 fully saturated rings. The highest BCUT2D eigenvalue weighted by atomic mass is 16.7. The third-order valence-corrected chi connectivity index (χ3v) is 9.92. The van der Waals surface area contributed by atoms with E-state index in [1.165, 1.54) is 44.2 Å². The smallest absolute Gasteiger partial charge is 0.171 e. The van der Waals surface area contributed by atoms with Crippen molar-refractivity contribution in [3.63, 3.8) is 0 Å². The van der Waals surface area contributed by atoms with Gasteiger partial charge in [0.05, 0.1) is 13.2 Å². The maximum Gasteiger partial charge on any atom is 0.171 e. The largest absolute Gasteiger partial charge is 0.347 e. The van der Waals surface area contributed by atoms with Crippen LogP contribution in [0.4, 0.5) is 0 Å². The number of nitrogens with two attached hydrogens (primary N) is 1. The molecule has 146 valence electrons. The molecular formula is C22H36N2O2. The first kappa shape index (κ1) is 17.5. The molecule has 1 heterocycles. The van der Waals surface area contributed by atoms with Gasteiger partial charge in [0.25, 0.3) is 0 Å². The summed E-state index contributed by atoms with van der Waals surface area (Å²) in [5.74, 6) is 9.27. The SMILES string of the molecule is CC1C2CC[C@@H]3[C@H](CC[C@]4(C)C(=NN)CC[C@@H]34)[C@@]2(C)CCC12OCCO2. The van der Waals surface area contributed by atoms with Crippen LogP contribution in [0.2, 0.25) is 0 Å². The summed E-state index contributed by atoms with van der Waals surface area (Å²) in [6.07, 6.45) is 10.1. The molecule has 5 rings (SSSR count). The van der Waals surface area contributed by atoms with E-state index < -0.39 is 0 Å². The van der Waals surface area contributed by atoms with E-state index in [1.807, 2.05) is 0 Å². The fourth-order valence-electron chi connectivity index (χ4n) is 8.53. The molecule has 0 aromatic rings. The second kappa shape index (κ2) is 5.70. The molecule has 2 N–H and O–H groups in total. The molecule has 4 nitrogen and oxygen atoms in total. The number of hydrogen-bond donors (Lipinski definition) is 1. The van der Waals surface area contributed by atoms with Crippen molar-refractivity contribution >= 4 is 5.71 Å². The zero-order valence-corrected chi connectivity index (χ0v) is 16.8. The van der Waals surface area contributed by atoms with Crippen LogP contribution in [0.15, 0.2) is 5.10 Å². The summed E-state index contributed by atoms with van der Waals surface area (Å²) in [6, 6.07) is 0. The lowest BCUT2D eigenvalue weighted by atomic mass is 9.43. The molecule has 4 saturated carbocycles. The summed E-state index contributed by atoms with van der Waals surface area (Å²) in [4.78, 5) is 0. The molecule has 7 atom stereocenters. The van der Waals surface area contributed by atoms with Crippen molar-refractivity contribution in [2.45, 2.75) is 77.9 Å². The summed E-state index contributed by atoms with van der Waals surface area (Å²) in [5, 5.41) is 4.22. The third-order valence-electron chi connectivity index (χ3n) is 9.92. The van der Waals surface area contributed by atoms with Crippen LogP contribution >= 0.6 is 0 Å². The Morgan fingerprint density at radius 2 is 1.69 bits per heavy atom. The van der Waals surface area contributed by atoms with Crippen molar-refractivity contribution in [2.24, 2.45) is 51.4 Å². The Morgan fingerprint density at radius 3 is 2.42 bits per heavy atom. The fraction of sp³-hybridized carbons (Fsp3) is 0.955. The van der Waals surface area contributed by atoms with E-state index in [-0.39, 0.29) is 11.2 Å². The molecular weight excluding hydrogens is 324 g/mol. The summed E-state index contributed by atoms with van der Waals surface area (Å²) in [5.41, 5.74) is 2.03. The van der Waals surface area contributed by atoms with Crippen LogP contribution in [0, 0.1) is 40.4 Å². The van der Waals surface area contributed by atoms with Gasteiger partial charge in [0.2, 0.25) is 0 Å². The molecule has 0 amide bonds. The highest BCUT2D eigenvalue weighted by molar-refractivity contribution is 5.92. The van der Waals surface area contributed by atoms with Gasteiger partial charge in [-0.05, 0) is 74.0 Å². The van der Waals surface area contributed by atoms with E-state index >= 15 is 0 Å². The lowest BCUT2D eigenvalue weighted by Gasteiger charge is -2.63. The number of ether oxygens (including phenoxy) is 2. The van der Waals surface area contributed by atoms with E-state index in [1.54, 1.807) is 0 Å². The fourth-order valence-corrected chi connectivity index (χ4v) is 8.53. The molecule has 1 spiro atoms. The molecule has 5 aliphatic rings. The van der Waals surface area contributed by atoms with Crippen LogP contribution in [0.3, 0.4) is 0 Å². The minimum Gasteiger partial charge on any atom is -0.347 e. The van der Waals surface area contributed by atoms with Crippen LogP contribution in [0.25, 0.3) is 0 Å². The predicted octanol–water partition coefficient (Wildman–Crippen LogP) is 4.33. The number of hydrazone groups is 1. The molecule has 4 heteroatoms. The quantitative estimate of drug-likeness (QED) is 0.516. The van der Waals surface area contributed by atoms with E-state index in [0.717, 1.165) is 49.7 Å². The van der Waals surface area contributed by atoms with Gasteiger partial charge < -0.3 is 15.3 Å². The van der Waals surface area contributed by atoms with Gasteiger partial charge in [0.15, 0.2) is 5.79 Å². The van der Waals surface area contributed by atoms with Gasteiger partial charge >= 0.3 is 0 Å². The Labute approximate surface area is 158 Å². The molecule has 2 unspecified atom stereocenters. The lowest BCUT2D eigenvalue weighted by molar-refractivity contribution is -0.261. The Bertz CT molecular complexity index is 613. The van der Waals surface area contributed by atoms with Gasteiger partial charge in [0, 0.05) is 23.5 Å². The van der Waals surface area contributed by atoms with Crippen LogP contribution in [-0.4, -0.2) is 24.7 Å². The second-order valence-corrected chi connectivity index (χ2v) is 10.4. The first-order valence-electron chi connectivity index (χ1n) is 11.0. The summed E-state index contributed by atoms with van der Waals surface area (Å²) < 4.78 is 12.4. The predicted molar refractivity (Wildman–Crippen MR) is 103 cm³/mol. The van der Waals surface area contributed by atoms with Gasteiger partial charge in [-0.1, -0.05) is 20.8 Å². The van der Waals surface area contributed by atoms with Crippen LogP contribution in [0.5, 0.6) is 0 Å². The second-order valence-electron chi connectivity index (χ2n) is 10.4. The van der Waals surface area contributed by atoms with Crippen molar-refractivity contribution in [1.29, 1.82) is 0 Å². The zero-order valence-electron chi connectivity index (χ0n) is 16.8. The Balaban J connectivity index is 1.44. The van der Waals surface area contributed by atoms with Crippen molar-refractivity contribution in [1.82, 2.24) is 0 Å². The first-order chi connectivity index (χ1) is 12.4. The number of fused-ring (bicyclic) bond motifs is 5. The molecule has 4 aliphatic carbocycles. The van der Waals surface area contributed by atoms with E-state index in [9.17, 15) is 0 Å². The van der Waals surface area contributed by atoms with E-state index in [2.05, 4.69) is 25.9 Å². The highest BCUT2D eigenvalue weighted by Crippen LogP contribution is 2.67. The molecule has 1 saturated heterocycles. The minimum atomic E-state index is -0.271. The average molecular weight is 361 g/mol. The van der Waals surface area contributed by atoms with E-state index in [4.69, 9.17) is 15.3 Å². The highest BCUT2D eigenvalue weighted by Gasteiger charge is 2.63. The Hall–Kier alpha value is -0.610.